The highest BCUT2D eigenvalue weighted by Gasteiger charge is 2.18. The van der Waals surface area contributed by atoms with E-state index in [1.54, 1.807) is 41.5 Å². The molecule has 0 aliphatic carbocycles. The molecule has 24 heavy (non-hydrogen) atoms. The van der Waals surface area contributed by atoms with Gasteiger partial charge in [0.1, 0.15) is 0 Å². The average Bonchev–Trinajstić information content (AvgIpc) is 2.17. The third-order valence-electron chi connectivity index (χ3n) is 1.25. The van der Waals surface area contributed by atoms with Crippen LogP contribution in [0.2, 0.25) is 0 Å². The van der Waals surface area contributed by atoms with Crippen LogP contribution in [-0.2, 0) is 14.4 Å². The monoisotopic (exact) mass is 356 g/mol. The molecule has 0 aromatic carbocycles. The van der Waals surface area contributed by atoms with Crippen molar-refractivity contribution in [2.75, 3.05) is 0 Å². The zero-order chi connectivity index (χ0) is 17.7. The summed E-state index contributed by atoms with van der Waals surface area (Å²) in [5.74, 6) is -2.85. The minimum absolute atomic E-state index is 0. The van der Waals surface area contributed by atoms with Gasteiger partial charge >= 0.3 is 5.97 Å². The summed E-state index contributed by atoms with van der Waals surface area (Å²) < 4.78 is 0. The van der Waals surface area contributed by atoms with Crippen LogP contribution in [0.3, 0.4) is 0 Å². The van der Waals surface area contributed by atoms with E-state index in [4.69, 9.17) is 15.0 Å². The zero-order valence-corrected chi connectivity index (χ0v) is 14.0. The van der Waals surface area contributed by atoms with Gasteiger partial charge in [0.15, 0.2) is 0 Å². The van der Waals surface area contributed by atoms with Crippen molar-refractivity contribution in [1.29, 1.82) is 0 Å². The van der Waals surface area contributed by atoms with Crippen LogP contribution in [0.25, 0.3) is 0 Å². The van der Waals surface area contributed by atoms with E-state index in [-0.39, 0.29) is 29.7 Å². The van der Waals surface area contributed by atoms with Crippen molar-refractivity contribution in [1.82, 2.24) is 0 Å². The van der Waals surface area contributed by atoms with Gasteiger partial charge in [0.2, 0.25) is 0 Å². The van der Waals surface area contributed by atoms with E-state index >= 15 is 0 Å². The SMILES string of the molecule is C.C.C.C.CC.CC(=O)[O-].CC(C)(C)C(=O)O.CC(C)(C)C(=O)[O-]. The molecule has 0 saturated heterocycles. The van der Waals surface area contributed by atoms with Crippen LogP contribution < -0.4 is 10.2 Å². The Morgan fingerprint density at radius 3 is 0.792 bits per heavy atom. The summed E-state index contributed by atoms with van der Waals surface area (Å²) in [6.07, 6.45) is 0. The minimum atomic E-state index is -1.08. The lowest BCUT2D eigenvalue weighted by molar-refractivity contribution is -0.316. The number of carbonyl (C=O) groups is 3. The molecule has 0 atom stereocenters. The number of carbonyl (C=O) groups excluding carboxylic acids is 2. The van der Waals surface area contributed by atoms with E-state index in [9.17, 15) is 14.7 Å². The van der Waals surface area contributed by atoms with Crippen molar-refractivity contribution in [3.8, 4) is 0 Å². The first-order chi connectivity index (χ1) is 8.62. The van der Waals surface area contributed by atoms with Gasteiger partial charge in [0.25, 0.3) is 0 Å². The summed E-state index contributed by atoms with van der Waals surface area (Å²) in [5, 5.41) is 27.0. The largest absolute Gasteiger partial charge is 0.550 e. The van der Waals surface area contributed by atoms with Crippen LogP contribution in [0.1, 0.15) is 92.0 Å². The average molecular weight is 357 g/mol. The van der Waals surface area contributed by atoms with Gasteiger partial charge < -0.3 is 24.9 Å². The lowest BCUT2D eigenvalue weighted by Crippen LogP contribution is -2.35. The molecule has 6 heteroatoms. The highest BCUT2D eigenvalue weighted by molar-refractivity contribution is 5.72. The first-order valence-corrected chi connectivity index (χ1v) is 6.24. The molecule has 1 N–H and O–H groups in total. The molecule has 0 saturated carbocycles. The summed E-state index contributed by atoms with van der Waals surface area (Å²) in [6, 6.07) is 0. The molecule has 0 heterocycles. The smallest absolute Gasteiger partial charge is 0.308 e. The van der Waals surface area contributed by atoms with E-state index in [0.717, 1.165) is 6.92 Å². The van der Waals surface area contributed by atoms with Crippen LogP contribution in [0.5, 0.6) is 0 Å². The maximum Gasteiger partial charge on any atom is 0.308 e. The van der Waals surface area contributed by atoms with Crippen molar-refractivity contribution in [3.05, 3.63) is 0 Å². The van der Waals surface area contributed by atoms with Gasteiger partial charge in [-0.05, 0) is 27.7 Å². The fraction of sp³-hybridized carbons (Fsp3) is 0.833. The second kappa shape index (κ2) is 23.7. The predicted molar refractivity (Wildman–Crippen MR) is 101 cm³/mol. The summed E-state index contributed by atoms with van der Waals surface area (Å²) in [7, 11) is 0. The van der Waals surface area contributed by atoms with Gasteiger partial charge in [-0.15, -0.1) is 0 Å². The number of hydrogen-bond acceptors (Lipinski definition) is 5. The van der Waals surface area contributed by atoms with Crippen molar-refractivity contribution >= 4 is 17.9 Å². The van der Waals surface area contributed by atoms with E-state index in [1.165, 1.54) is 0 Å². The summed E-state index contributed by atoms with van der Waals surface area (Å²) in [4.78, 5) is 28.8. The van der Waals surface area contributed by atoms with Crippen molar-refractivity contribution in [2.45, 2.75) is 92.0 Å². The molecular formula is C18H44O6-2. The van der Waals surface area contributed by atoms with E-state index < -0.39 is 28.7 Å². The number of carboxylic acid groups (broad SMARTS) is 3. The molecule has 0 aromatic heterocycles. The van der Waals surface area contributed by atoms with Gasteiger partial charge in [0, 0.05) is 17.4 Å². The second-order valence-electron chi connectivity index (χ2n) is 5.58. The Hall–Kier alpha value is -1.59. The molecule has 0 fully saturated rings. The molecular weight excluding hydrogens is 312 g/mol. The molecule has 0 rings (SSSR count). The minimum Gasteiger partial charge on any atom is -0.550 e. The Morgan fingerprint density at radius 2 is 0.792 bits per heavy atom. The Balaban J connectivity index is -0.0000000240. The summed E-state index contributed by atoms with van der Waals surface area (Å²) >= 11 is 0. The standard InChI is InChI=1S/2C5H10O2.C2H4O2.C2H6.4CH4/c2*1-5(2,3)4(6)7;1-2(3)4;1-2;;;;/h2*1-3H3,(H,6,7);1H3,(H,3,4);1-2H3;4*1H4/p-2. The Kier molecular flexibility index (Phi) is 48.8. The van der Waals surface area contributed by atoms with Gasteiger partial charge in [-0.2, -0.15) is 0 Å². The van der Waals surface area contributed by atoms with Crippen LogP contribution in [0, 0.1) is 10.8 Å². The molecule has 0 bridgehead atoms. The fourth-order valence-electron chi connectivity index (χ4n) is 0. The number of carboxylic acids is 3. The van der Waals surface area contributed by atoms with Crippen LogP contribution in [0.4, 0.5) is 0 Å². The van der Waals surface area contributed by atoms with E-state index in [2.05, 4.69) is 0 Å². The maximum absolute atomic E-state index is 10.0. The Labute approximate surface area is 151 Å². The van der Waals surface area contributed by atoms with E-state index in [0.29, 0.717) is 0 Å². The van der Waals surface area contributed by atoms with Gasteiger partial charge in [-0.1, -0.05) is 64.3 Å². The second-order valence-corrected chi connectivity index (χ2v) is 5.58. The first-order valence-electron chi connectivity index (χ1n) is 6.24. The van der Waals surface area contributed by atoms with Crippen molar-refractivity contribution in [3.63, 3.8) is 0 Å². The Morgan fingerprint density at radius 1 is 0.708 bits per heavy atom. The summed E-state index contributed by atoms with van der Waals surface area (Å²) in [5.41, 5.74) is -1.28. The topological polar surface area (TPSA) is 118 Å². The lowest BCUT2D eigenvalue weighted by Gasteiger charge is -2.18. The molecule has 0 unspecified atom stereocenters. The molecule has 6 nitrogen and oxygen atoms in total. The van der Waals surface area contributed by atoms with Crippen LogP contribution in [-0.4, -0.2) is 23.0 Å². The first kappa shape index (κ1) is 49.5. The predicted octanol–water partition coefficient (Wildman–Crippen LogP) is 3.23. The Bertz CT molecular complexity index is 255. The highest BCUT2D eigenvalue weighted by atomic mass is 16.4. The maximum atomic E-state index is 10.0. The normalized spacial score (nSPS) is 7.88. The van der Waals surface area contributed by atoms with Gasteiger partial charge in [-0.3, -0.25) is 4.79 Å². The molecule has 0 aliphatic heterocycles. The quantitative estimate of drug-likeness (QED) is 0.712. The molecule has 0 spiro atoms. The van der Waals surface area contributed by atoms with Gasteiger partial charge in [0.05, 0.1) is 5.41 Å². The number of aliphatic carboxylic acids is 3. The highest BCUT2D eigenvalue weighted by Crippen LogP contribution is 2.11. The third-order valence-corrected chi connectivity index (χ3v) is 1.25. The third kappa shape index (κ3) is 71.0. The van der Waals surface area contributed by atoms with Crippen LogP contribution in [0.15, 0.2) is 0 Å². The van der Waals surface area contributed by atoms with Crippen LogP contribution >= 0.6 is 0 Å². The van der Waals surface area contributed by atoms with Crippen molar-refractivity contribution < 1.29 is 29.7 Å². The van der Waals surface area contributed by atoms with Gasteiger partial charge in [-0.25, -0.2) is 0 Å². The zero-order valence-electron chi connectivity index (χ0n) is 14.0. The molecule has 0 radical (unpaired) electrons. The van der Waals surface area contributed by atoms with Crippen molar-refractivity contribution in [2.24, 2.45) is 10.8 Å². The summed E-state index contributed by atoms with van der Waals surface area (Å²) in [6.45, 7) is 14.8. The molecule has 154 valence electrons. The molecule has 0 amide bonds. The number of rotatable bonds is 0. The molecule has 0 aliphatic rings. The number of hydrogen-bond donors (Lipinski definition) is 1. The molecule has 0 aromatic rings. The lowest BCUT2D eigenvalue weighted by atomic mass is 9.98. The fourth-order valence-corrected chi connectivity index (χ4v) is 0. The van der Waals surface area contributed by atoms with E-state index in [1.807, 2.05) is 13.8 Å².